The summed E-state index contributed by atoms with van der Waals surface area (Å²) < 4.78 is 50.8. The third-order valence-corrected chi connectivity index (χ3v) is 4.83. The van der Waals surface area contributed by atoms with E-state index in [1.807, 2.05) is 6.07 Å². The van der Waals surface area contributed by atoms with E-state index in [9.17, 15) is 18.0 Å². The largest absolute Gasteiger partial charge is 0.497 e. The Labute approximate surface area is 192 Å². The van der Waals surface area contributed by atoms with Gasteiger partial charge >= 0.3 is 6.18 Å². The third-order valence-electron chi connectivity index (χ3n) is 4.83. The fourth-order valence-corrected chi connectivity index (χ4v) is 3.11. The molecule has 4 rings (SSSR count). The first-order valence-corrected chi connectivity index (χ1v) is 10.1. The molecule has 1 aromatic heterocycles. The molecule has 0 saturated heterocycles. The summed E-state index contributed by atoms with van der Waals surface area (Å²) in [5.74, 6) is 0.241. The zero-order valence-electron chi connectivity index (χ0n) is 18.1. The predicted molar refractivity (Wildman–Crippen MR) is 119 cm³/mol. The van der Waals surface area contributed by atoms with Crippen molar-refractivity contribution in [3.8, 4) is 22.9 Å². The van der Waals surface area contributed by atoms with Crippen LogP contribution in [0.2, 0.25) is 0 Å². The van der Waals surface area contributed by atoms with E-state index in [2.05, 4.69) is 15.5 Å². The van der Waals surface area contributed by atoms with Crippen molar-refractivity contribution in [2.24, 2.45) is 0 Å². The normalized spacial score (nSPS) is 11.2. The molecule has 1 heterocycles. The van der Waals surface area contributed by atoms with Crippen LogP contribution in [0.3, 0.4) is 0 Å². The molecule has 0 atom stereocenters. The molecule has 0 bridgehead atoms. The third kappa shape index (κ3) is 5.01. The number of benzene rings is 3. The Bertz CT molecular complexity index is 1300. The molecule has 34 heavy (non-hydrogen) atoms. The number of anilines is 1. The number of nitrogens with zero attached hydrogens (tertiary/aromatic N) is 3. The topological polar surface area (TPSA) is 78.3 Å². The molecule has 4 aromatic rings. The SMILES string of the molecule is COc1ccc(Oc2ccc(C(F)(F)F)cc2NC(=O)c2nn(-c3ccccc3)nc2C)cc1. The van der Waals surface area contributed by atoms with E-state index < -0.39 is 17.6 Å². The average molecular weight is 468 g/mol. The van der Waals surface area contributed by atoms with E-state index in [4.69, 9.17) is 9.47 Å². The number of methoxy groups -OCH3 is 1. The molecule has 0 radical (unpaired) electrons. The summed E-state index contributed by atoms with van der Waals surface area (Å²) in [6, 6.07) is 18.2. The molecule has 0 spiro atoms. The molecular weight excluding hydrogens is 449 g/mol. The molecule has 0 aliphatic rings. The lowest BCUT2D eigenvalue weighted by Crippen LogP contribution is -2.16. The highest BCUT2D eigenvalue weighted by atomic mass is 19.4. The second-order valence-electron chi connectivity index (χ2n) is 7.20. The van der Waals surface area contributed by atoms with Gasteiger partial charge in [-0.3, -0.25) is 4.79 Å². The number of nitrogens with one attached hydrogen (secondary N) is 1. The number of hydrogen-bond acceptors (Lipinski definition) is 5. The summed E-state index contributed by atoms with van der Waals surface area (Å²) in [5.41, 5.74) is -0.186. The highest BCUT2D eigenvalue weighted by molar-refractivity contribution is 6.04. The summed E-state index contributed by atoms with van der Waals surface area (Å²) in [6.45, 7) is 1.59. The number of carbonyl (C=O) groups is 1. The van der Waals surface area contributed by atoms with Gasteiger partial charge in [-0.05, 0) is 61.5 Å². The minimum absolute atomic E-state index is 0.0274. The van der Waals surface area contributed by atoms with E-state index in [0.29, 0.717) is 22.9 Å². The van der Waals surface area contributed by atoms with Gasteiger partial charge in [0, 0.05) is 0 Å². The van der Waals surface area contributed by atoms with Crippen LogP contribution in [0.4, 0.5) is 18.9 Å². The summed E-state index contributed by atoms with van der Waals surface area (Å²) in [7, 11) is 1.51. The molecule has 1 N–H and O–H groups in total. The maximum absolute atomic E-state index is 13.3. The van der Waals surface area contributed by atoms with Gasteiger partial charge in [0.2, 0.25) is 0 Å². The number of hydrogen-bond donors (Lipinski definition) is 1. The van der Waals surface area contributed by atoms with Crippen molar-refractivity contribution < 1.29 is 27.4 Å². The summed E-state index contributed by atoms with van der Waals surface area (Å²) in [4.78, 5) is 14.2. The van der Waals surface area contributed by atoms with Crippen LogP contribution in [-0.4, -0.2) is 28.0 Å². The standard InChI is InChI=1S/C24H19F3N4O3/c1-15-22(30-31(29-15)17-6-4-3-5-7-17)23(32)28-20-14-16(24(25,26)27)8-13-21(20)34-19-11-9-18(33-2)10-12-19/h3-14H,1-2H3,(H,28,32). The smallest absolute Gasteiger partial charge is 0.416 e. The first kappa shape index (κ1) is 22.8. The quantitative estimate of drug-likeness (QED) is 0.396. The van der Waals surface area contributed by atoms with Crippen LogP contribution < -0.4 is 14.8 Å². The van der Waals surface area contributed by atoms with Crippen LogP contribution in [0, 0.1) is 6.92 Å². The van der Waals surface area contributed by atoms with Crippen LogP contribution >= 0.6 is 0 Å². The van der Waals surface area contributed by atoms with Crippen molar-refractivity contribution >= 4 is 11.6 Å². The van der Waals surface area contributed by atoms with E-state index in [0.717, 1.165) is 18.2 Å². The number of rotatable bonds is 6. The number of carbonyl (C=O) groups excluding carboxylic acids is 1. The summed E-state index contributed by atoms with van der Waals surface area (Å²) in [5, 5.41) is 10.9. The molecule has 0 unspecified atom stereocenters. The zero-order chi connectivity index (χ0) is 24.3. The fourth-order valence-electron chi connectivity index (χ4n) is 3.11. The average Bonchev–Trinajstić information content (AvgIpc) is 3.22. The molecule has 0 aliphatic carbocycles. The Kier molecular flexibility index (Phi) is 6.22. The number of para-hydroxylation sites is 1. The van der Waals surface area contributed by atoms with Gasteiger partial charge in [0.05, 0.1) is 29.7 Å². The van der Waals surface area contributed by atoms with Crippen LogP contribution in [0.15, 0.2) is 72.8 Å². The molecule has 7 nitrogen and oxygen atoms in total. The second-order valence-corrected chi connectivity index (χ2v) is 7.20. The lowest BCUT2D eigenvalue weighted by molar-refractivity contribution is -0.137. The minimum atomic E-state index is -4.61. The van der Waals surface area contributed by atoms with Crippen molar-refractivity contribution in [2.75, 3.05) is 12.4 Å². The number of alkyl halides is 3. The maximum atomic E-state index is 13.3. The Balaban J connectivity index is 1.65. The van der Waals surface area contributed by atoms with Gasteiger partial charge in [0.15, 0.2) is 11.4 Å². The van der Waals surface area contributed by atoms with Crippen molar-refractivity contribution in [2.45, 2.75) is 13.1 Å². The van der Waals surface area contributed by atoms with Gasteiger partial charge in [-0.2, -0.15) is 23.1 Å². The minimum Gasteiger partial charge on any atom is -0.497 e. The van der Waals surface area contributed by atoms with Gasteiger partial charge < -0.3 is 14.8 Å². The Morgan fingerprint density at radius 1 is 0.941 bits per heavy atom. The van der Waals surface area contributed by atoms with Crippen LogP contribution in [0.1, 0.15) is 21.7 Å². The summed E-state index contributed by atoms with van der Waals surface area (Å²) in [6.07, 6.45) is -4.61. The molecule has 0 aliphatic heterocycles. The van der Waals surface area contributed by atoms with Gasteiger partial charge in [0.25, 0.3) is 5.91 Å². The van der Waals surface area contributed by atoms with Crippen molar-refractivity contribution in [3.63, 3.8) is 0 Å². The number of amides is 1. The van der Waals surface area contributed by atoms with Gasteiger partial charge in [-0.15, -0.1) is 5.10 Å². The first-order valence-electron chi connectivity index (χ1n) is 10.1. The fraction of sp³-hybridized carbons (Fsp3) is 0.125. The summed E-state index contributed by atoms with van der Waals surface area (Å²) >= 11 is 0. The molecule has 3 aromatic carbocycles. The van der Waals surface area contributed by atoms with E-state index >= 15 is 0 Å². The Hall–Kier alpha value is -4.34. The monoisotopic (exact) mass is 468 g/mol. The van der Waals surface area contributed by atoms with Crippen molar-refractivity contribution in [1.29, 1.82) is 0 Å². The molecule has 1 amide bonds. The van der Waals surface area contributed by atoms with Crippen LogP contribution in [-0.2, 0) is 6.18 Å². The highest BCUT2D eigenvalue weighted by Gasteiger charge is 2.32. The Morgan fingerprint density at radius 2 is 1.62 bits per heavy atom. The van der Waals surface area contributed by atoms with Gasteiger partial charge in [-0.1, -0.05) is 18.2 Å². The molecule has 10 heteroatoms. The maximum Gasteiger partial charge on any atom is 0.416 e. The van der Waals surface area contributed by atoms with E-state index in [1.54, 1.807) is 55.5 Å². The number of aryl methyl sites for hydroxylation is 1. The van der Waals surface area contributed by atoms with Crippen molar-refractivity contribution in [1.82, 2.24) is 15.0 Å². The second kappa shape index (κ2) is 9.26. The number of halogens is 3. The predicted octanol–water partition coefficient (Wildman–Crippen LogP) is 5.65. The molecule has 0 fully saturated rings. The Morgan fingerprint density at radius 3 is 2.26 bits per heavy atom. The number of ether oxygens (including phenoxy) is 2. The lowest BCUT2D eigenvalue weighted by atomic mass is 10.1. The van der Waals surface area contributed by atoms with Crippen LogP contribution in [0.25, 0.3) is 5.69 Å². The highest BCUT2D eigenvalue weighted by Crippen LogP contribution is 2.37. The van der Waals surface area contributed by atoms with Gasteiger partial charge in [-0.25, -0.2) is 0 Å². The zero-order valence-corrected chi connectivity index (χ0v) is 18.1. The van der Waals surface area contributed by atoms with E-state index in [1.165, 1.54) is 11.9 Å². The number of aromatic nitrogens is 3. The first-order chi connectivity index (χ1) is 16.2. The molecular formula is C24H19F3N4O3. The molecule has 0 saturated carbocycles. The molecule has 174 valence electrons. The van der Waals surface area contributed by atoms with Gasteiger partial charge in [0.1, 0.15) is 11.5 Å². The van der Waals surface area contributed by atoms with E-state index in [-0.39, 0.29) is 17.1 Å². The van der Waals surface area contributed by atoms with Crippen molar-refractivity contribution in [3.05, 3.63) is 89.7 Å². The van der Waals surface area contributed by atoms with Crippen LogP contribution in [0.5, 0.6) is 17.2 Å². The lowest BCUT2D eigenvalue weighted by Gasteiger charge is -2.15.